The van der Waals surface area contributed by atoms with Crippen LogP contribution in [-0.4, -0.2) is 12.6 Å². The molecule has 0 aliphatic heterocycles. The summed E-state index contributed by atoms with van der Waals surface area (Å²) in [5, 5.41) is 0. The van der Waals surface area contributed by atoms with E-state index in [2.05, 4.69) is 20.8 Å². The average molecular weight is 158 g/mol. The van der Waals surface area contributed by atoms with Gasteiger partial charge < -0.3 is 4.74 Å². The van der Waals surface area contributed by atoms with E-state index in [4.69, 9.17) is 4.74 Å². The molecule has 0 N–H and O–H groups in total. The Morgan fingerprint density at radius 2 is 2.00 bits per heavy atom. The van der Waals surface area contributed by atoms with Crippen molar-refractivity contribution in [2.24, 2.45) is 11.8 Å². The second-order valence-corrected chi connectivity index (χ2v) is 3.21. The lowest BCUT2D eigenvalue weighted by atomic mass is 9.94. The van der Waals surface area contributed by atoms with E-state index in [-0.39, 0.29) is 5.97 Å². The molecule has 1 atom stereocenters. The number of hydrogen-bond donors (Lipinski definition) is 0. The van der Waals surface area contributed by atoms with E-state index in [0.29, 0.717) is 18.4 Å². The predicted octanol–water partition coefficient (Wildman–Crippen LogP) is 2.23. The Balaban J connectivity index is 3.61. The highest BCUT2D eigenvalue weighted by atomic mass is 16.5. The maximum absolute atomic E-state index is 10.5. The Hall–Kier alpha value is -0.530. The molecule has 0 aromatic carbocycles. The summed E-state index contributed by atoms with van der Waals surface area (Å²) in [5.74, 6) is 0.933. The minimum Gasteiger partial charge on any atom is -0.466 e. The average Bonchev–Trinajstić information content (AvgIpc) is 1.87. The third-order valence-corrected chi connectivity index (χ3v) is 1.97. The second kappa shape index (κ2) is 5.16. The van der Waals surface area contributed by atoms with E-state index in [1.165, 1.54) is 6.92 Å². The topological polar surface area (TPSA) is 26.3 Å². The standard InChI is InChI=1S/C9H18O2/c1-5-9(7(2)3)6-11-8(4)10/h7,9H,5-6H2,1-4H3. The van der Waals surface area contributed by atoms with E-state index in [9.17, 15) is 4.79 Å². The van der Waals surface area contributed by atoms with Gasteiger partial charge in [-0.1, -0.05) is 20.8 Å². The predicted molar refractivity (Wildman–Crippen MR) is 45.3 cm³/mol. The molecule has 0 aromatic rings. The maximum Gasteiger partial charge on any atom is 0.302 e. The molecule has 0 amide bonds. The monoisotopic (exact) mass is 158 g/mol. The van der Waals surface area contributed by atoms with Gasteiger partial charge in [0.05, 0.1) is 6.61 Å². The van der Waals surface area contributed by atoms with Crippen LogP contribution in [0.5, 0.6) is 0 Å². The number of rotatable bonds is 4. The van der Waals surface area contributed by atoms with Crippen LogP contribution in [-0.2, 0) is 9.53 Å². The summed E-state index contributed by atoms with van der Waals surface area (Å²) in [6, 6.07) is 0. The fraction of sp³-hybridized carbons (Fsp3) is 0.889. The normalized spacial score (nSPS) is 13.2. The van der Waals surface area contributed by atoms with Gasteiger partial charge in [0, 0.05) is 6.92 Å². The highest BCUT2D eigenvalue weighted by Gasteiger charge is 2.11. The maximum atomic E-state index is 10.5. The molecule has 2 nitrogen and oxygen atoms in total. The SMILES string of the molecule is CCC(COC(C)=O)C(C)C. The highest BCUT2D eigenvalue weighted by Crippen LogP contribution is 2.14. The van der Waals surface area contributed by atoms with E-state index in [1.807, 2.05) is 0 Å². The molecule has 0 aliphatic carbocycles. The van der Waals surface area contributed by atoms with Gasteiger partial charge in [-0.3, -0.25) is 4.79 Å². The van der Waals surface area contributed by atoms with Crippen molar-refractivity contribution >= 4 is 5.97 Å². The smallest absolute Gasteiger partial charge is 0.302 e. The molecule has 0 radical (unpaired) electrons. The number of carbonyl (C=O) groups is 1. The largest absolute Gasteiger partial charge is 0.466 e. The first-order valence-corrected chi connectivity index (χ1v) is 4.21. The van der Waals surface area contributed by atoms with Crippen molar-refractivity contribution in [2.45, 2.75) is 34.1 Å². The molecule has 11 heavy (non-hydrogen) atoms. The van der Waals surface area contributed by atoms with Crippen molar-refractivity contribution in [2.75, 3.05) is 6.61 Å². The first-order chi connectivity index (χ1) is 5.07. The van der Waals surface area contributed by atoms with E-state index in [1.54, 1.807) is 0 Å². The third-order valence-electron chi connectivity index (χ3n) is 1.97. The molecule has 0 bridgehead atoms. The zero-order chi connectivity index (χ0) is 8.85. The van der Waals surface area contributed by atoms with Crippen molar-refractivity contribution < 1.29 is 9.53 Å². The third kappa shape index (κ3) is 4.82. The quantitative estimate of drug-likeness (QED) is 0.586. The van der Waals surface area contributed by atoms with Gasteiger partial charge in [0.25, 0.3) is 0 Å². The van der Waals surface area contributed by atoms with Crippen LogP contribution in [0, 0.1) is 11.8 Å². The molecule has 66 valence electrons. The van der Waals surface area contributed by atoms with Gasteiger partial charge in [-0.15, -0.1) is 0 Å². The van der Waals surface area contributed by atoms with Crippen molar-refractivity contribution in [3.05, 3.63) is 0 Å². The highest BCUT2D eigenvalue weighted by molar-refractivity contribution is 5.65. The minimum absolute atomic E-state index is 0.177. The summed E-state index contributed by atoms with van der Waals surface area (Å²) in [6.45, 7) is 8.44. The Kier molecular flexibility index (Phi) is 4.92. The Morgan fingerprint density at radius 3 is 2.27 bits per heavy atom. The molecule has 2 heteroatoms. The van der Waals surface area contributed by atoms with Crippen molar-refractivity contribution in [1.29, 1.82) is 0 Å². The van der Waals surface area contributed by atoms with E-state index in [0.717, 1.165) is 6.42 Å². The molecular weight excluding hydrogens is 140 g/mol. The molecule has 1 unspecified atom stereocenters. The number of ether oxygens (including phenoxy) is 1. The zero-order valence-corrected chi connectivity index (χ0v) is 7.89. The summed E-state index contributed by atoms with van der Waals surface area (Å²) < 4.78 is 4.92. The van der Waals surface area contributed by atoms with Gasteiger partial charge in [-0.25, -0.2) is 0 Å². The van der Waals surface area contributed by atoms with Gasteiger partial charge in [0.15, 0.2) is 0 Å². The van der Waals surface area contributed by atoms with Crippen LogP contribution < -0.4 is 0 Å². The van der Waals surface area contributed by atoms with Gasteiger partial charge in [0.2, 0.25) is 0 Å². The van der Waals surface area contributed by atoms with Crippen LogP contribution in [0.3, 0.4) is 0 Å². The molecule has 0 fully saturated rings. The molecule has 0 spiro atoms. The first kappa shape index (κ1) is 10.5. The first-order valence-electron chi connectivity index (χ1n) is 4.21. The lowest BCUT2D eigenvalue weighted by Crippen LogP contribution is -2.16. The fourth-order valence-electron chi connectivity index (χ4n) is 1.01. The molecule has 0 aromatic heterocycles. The molecule has 0 saturated carbocycles. The Morgan fingerprint density at radius 1 is 1.45 bits per heavy atom. The summed E-state index contributed by atoms with van der Waals surface area (Å²) in [7, 11) is 0. The summed E-state index contributed by atoms with van der Waals surface area (Å²) in [6.07, 6.45) is 1.07. The minimum atomic E-state index is -0.177. The number of esters is 1. The van der Waals surface area contributed by atoms with Crippen molar-refractivity contribution in [3.8, 4) is 0 Å². The van der Waals surface area contributed by atoms with Gasteiger partial charge in [0.1, 0.15) is 0 Å². The van der Waals surface area contributed by atoms with E-state index < -0.39 is 0 Å². The lowest BCUT2D eigenvalue weighted by Gasteiger charge is -2.17. The molecule has 0 saturated heterocycles. The number of carbonyl (C=O) groups excluding carboxylic acids is 1. The van der Waals surface area contributed by atoms with Gasteiger partial charge >= 0.3 is 5.97 Å². The molecule has 0 rings (SSSR count). The van der Waals surface area contributed by atoms with Crippen LogP contribution in [0.1, 0.15) is 34.1 Å². The Bertz CT molecular complexity index is 119. The van der Waals surface area contributed by atoms with Crippen molar-refractivity contribution in [3.63, 3.8) is 0 Å². The summed E-state index contributed by atoms with van der Waals surface area (Å²) in [5.41, 5.74) is 0. The van der Waals surface area contributed by atoms with Crippen LogP contribution in [0.4, 0.5) is 0 Å². The van der Waals surface area contributed by atoms with Crippen molar-refractivity contribution in [1.82, 2.24) is 0 Å². The second-order valence-electron chi connectivity index (χ2n) is 3.21. The Labute approximate surface area is 68.9 Å². The molecule has 0 aliphatic rings. The summed E-state index contributed by atoms with van der Waals surface area (Å²) >= 11 is 0. The fourth-order valence-corrected chi connectivity index (χ4v) is 1.01. The van der Waals surface area contributed by atoms with Gasteiger partial charge in [-0.05, 0) is 18.3 Å². The molecular formula is C9H18O2. The van der Waals surface area contributed by atoms with E-state index >= 15 is 0 Å². The van der Waals surface area contributed by atoms with Crippen LogP contribution in [0.2, 0.25) is 0 Å². The van der Waals surface area contributed by atoms with Crippen LogP contribution in [0.25, 0.3) is 0 Å². The number of hydrogen-bond acceptors (Lipinski definition) is 2. The zero-order valence-electron chi connectivity index (χ0n) is 7.89. The summed E-state index contributed by atoms with van der Waals surface area (Å²) in [4.78, 5) is 10.5. The van der Waals surface area contributed by atoms with Crippen LogP contribution in [0.15, 0.2) is 0 Å². The van der Waals surface area contributed by atoms with Gasteiger partial charge in [-0.2, -0.15) is 0 Å². The van der Waals surface area contributed by atoms with Crippen LogP contribution >= 0.6 is 0 Å². The molecule has 0 heterocycles. The lowest BCUT2D eigenvalue weighted by molar-refractivity contribution is -0.142.